The molecule has 1 aliphatic carbocycles. The molecule has 1 aliphatic rings. The number of rotatable bonds is 5. The van der Waals surface area contributed by atoms with Crippen LogP contribution in [-0.4, -0.2) is 30.3 Å². The minimum absolute atomic E-state index is 0.0506. The first kappa shape index (κ1) is 15.3. The van der Waals surface area contributed by atoms with Crippen LogP contribution in [0.25, 0.3) is 0 Å². The van der Waals surface area contributed by atoms with Gasteiger partial charge in [-0.2, -0.15) is 0 Å². The Morgan fingerprint density at radius 1 is 1.22 bits per heavy atom. The molecule has 1 fully saturated rings. The fourth-order valence-corrected chi connectivity index (χ4v) is 2.43. The molecule has 18 heavy (non-hydrogen) atoms. The van der Waals surface area contributed by atoms with Gasteiger partial charge in [0.25, 0.3) is 0 Å². The molecule has 0 aromatic rings. The molecule has 0 bridgehead atoms. The van der Waals surface area contributed by atoms with E-state index in [0.29, 0.717) is 18.5 Å². The highest BCUT2D eigenvalue weighted by Gasteiger charge is 2.14. The summed E-state index contributed by atoms with van der Waals surface area (Å²) >= 11 is 0. The largest absolute Gasteiger partial charge is 0.396 e. The molecule has 3 N–H and O–H groups in total. The number of hydrogen-bond donors (Lipinski definition) is 3. The Hall–Kier alpha value is -0.770. The van der Waals surface area contributed by atoms with Crippen LogP contribution in [0.2, 0.25) is 0 Å². The van der Waals surface area contributed by atoms with Gasteiger partial charge in [0.1, 0.15) is 0 Å². The zero-order chi connectivity index (χ0) is 13.2. The van der Waals surface area contributed by atoms with Gasteiger partial charge < -0.3 is 15.7 Å². The Bertz CT molecular complexity index is 226. The average Bonchev–Trinajstić information content (AvgIpc) is 2.30. The van der Waals surface area contributed by atoms with Gasteiger partial charge in [-0.25, -0.2) is 4.79 Å². The van der Waals surface area contributed by atoms with E-state index in [0.717, 1.165) is 19.3 Å². The third-order valence-corrected chi connectivity index (χ3v) is 3.67. The first-order valence-corrected chi connectivity index (χ1v) is 7.37. The first-order chi connectivity index (χ1) is 8.72. The van der Waals surface area contributed by atoms with Gasteiger partial charge in [0, 0.05) is 19.2 Å². The van der Waals surface area contributed by atoms with Crippen LogP contribution in [0.4, 0.5) is 4.79 Å². The lowest BCUT2D eigenvalue weighted by Gasteiger charge is -2.21. The van der Waals surface area contributed by atoms with E-state index in [9.17, 15) is 4.79 Å². The van der Waals surface area contributed by atoms with Crippen LogP contribution in [0.5, 0.6) is 0 Å². The van der Waals surface area contributed by atoms with E-state index >= 15 is 0 Å². The molecule has 1 atom stereocenters. The Kier molecular flexibility index (Phi) is 7.81. The lowest BCUT2D eigenvalue weighted by atomic mass is 9.97. The van der Waals surface area contributed by atoms with E-state index in [-0.39, 0.29) is 12.6 Å². The zero-order valence-electron chi connectivity index (χ0n) is 11.6. The molecule has 0 spiro atoms. The Labute approximate surface area is 111 Å². The third-order valence-electron chi connectivity index (χ3n) is 3.67. The molecule has 2 amide bonds. The van der Waals surface area contributed by atoms with Crippen LogP contribution in [-0.2, 0) is 0 Å². The average molecular weight is 256 g/mol. The molecule has 1 rings (SSSR count). The van der Waals surface area contributed by atoms with Gasteiger partial charge in [-0.3, -0.25) is 0 Å². The molecule has 4 heteroatoms. The predicted molar refractivity (Wildman–Crippen MR) is 73.5 cm³/mol. The van der Waals surface area contributed by atoms with Crippen molar-refractivity contribution in [2.75, 3.05) is 13.2 Å². The number of carbonyl (C=O) groups excluding carboxylic acids is 1. The first-order valence-electron chi connectivity index (χ1n) is 7.37. The number of nitrogens with one attached hydrogen (secondary N) is 2. The Morgan fingerprint density at radius 3 is 2.44 bits per heavy atom. The normalized spacial score (nSPS) is 19.7. The molecule has 1 unspecified atom stereocenters. The van der Waals surface area contributed by atoms with Gasteiger partial charge in [-0.05, 0) is 25.2 Å². The van der Waals surface area contributed by atoms with Gasteiger partial charge >= 0.3 is 6.03 Å². The number of aliphatic hydroxyl groups excluding tert-OH is 1. The van der Waals surface area contributed by atoms with Crippen molar-refractivity contribution in [1.82, 2.24) is 10.6 Å². The number of urea groups is 1. The van der Waals surface area contributed by atoms with Crippen molar-refractivity contribution in [3.05, 3.63) is 0 Å². The topological polar surface area (TPSA) is 61.4 Å². The van der Waals surface area contributed by atoms with E-state index in [1.807, 2.05) is 6.92 Å². The van der Waals surface area contributed by atoms with Crippen LogP contribution in [0.1, 0.15) is 58.3 Å². The van der Waals surface area contributed by atoms with Crippen molar-refractivity contribution >= 4 is 6.03 Å². The molecule has 1 saturated carbocycles. The molecular formula is C14H28N2O2. The van der Waals surface area contributed by atoms with Gasteiger partial charge in [-0.15, -0.1) is 0 Å². The summed E-state index contributed by atoms with van der Waals surface area (Å²) in [6, 6.07) is 0.295. The summed E-state index contributed by atoms with van der Waals surface area (Å²) in [5.74, 6) is 0.332. The summed E-state index contributed by atoms with van der Waals surface area (Å²) in [4.78, 5) is 11.7. The van der Waals surface area contributed by atoms with Gasteiger partial charge in [0.2, 0.25) is 0 Å². The maximum absolute atomic E-state index is 11.7. The summed E-state index contributed by atoms with van der Waals surface area (Å²) in [7, 11) is 0. The molecule has 106 valence electrons. The van der Waals surface area contributed by atoms with E-state index in [4.69, 9.17) is 5.11 Å². The maximum Gasteiger partial charge on any atom is 0.315 e. The Balaban J connectivity index is 2.17. The van der Waals surface area contributed by atoms with Crippen molar-refractivity contribution in [2.45, 2.75) is 64.3 Å². The molecule has 4 nitrogen and oxygen atoms in total. The lowest BCUT2D eigenvalue weighted by Crippen LogP contribution is -2.43. The molecule has 0 aliphatic heterocycles. The van der Waals surface area contributed by atoms with Crippen LogP contribution < -0.4 is 10.6 Å². The molecule has 0 radical (unpaired) electrons. The molecule has 0 heterocycles. The molecular weight excluding hydrogens is 228 g/mol. The Morgan fingerprint density at radius 2 is 1.83 bits per heavy atom. The molecule has 0 aromatic heterocycles. The summed E-state index contributed by atoms with van der Waals surface area (Å²) in [5, 5.41) is 14.8. The van der Waals surface area contributed by atoms with Crippen LogP contribution in [0, 0.1) is 5.92 Å². The van der Waals surface area contributed by atoms with E-state index in [1.165, 1.54) is 32.1 Å². The standard InChI is InChI=1S/C14H28N2O2/c1-12(9-10-17)11-15-14(18)16-13-7-5-3-2-4-6-8-13/h12-13,17H,2-11H2,1H3,(H2,15,16,18). The van der Waals surface area contributed by atoms with Crippen LogP contribution in [0.3, 0.4) is 0 Å². The van der Waals surface area contributed by atoms with Crippen LogP contribution >= 0.6 is 0 Å². The van der Waals surface area contributed by atoms with Gasteiger partial charge in [-0.1, -0.05) is 39.0 Å². The van der Waals surface area contributed by atoms with Crippen molar-refractivity contribution in [3.63, 3.8) is 0 Å². The summed E-state index contributed by atoms with van der Waals surface area (Å²) < 4.78 is 0. The van der Waals surface area contributed by atoms with E-state index in [2.05, 4.69) is 10.6 Å². The number of aliphatic hydroxyl groups is 1. The van der Waals surface area contributed by atoms with Gasteiger partial charge in [0.15, 0.2) is 0 Å². The highest BCUT2D eigenvalue weighted by Crippen LogP contribution is 2.16. The highest BCUT2D eigenvalue weighted by atomic mass is 16.3. The number of hydrogen-bond acceptors (Lipinski definition) is 2. The highest BCUT2D eigenvalue weighted by molar-refractivity contribution is 5.74. The van der Waals surface area contributed by atoms with Crippen molar-refractivity contribution < 1.29 is 9.90 Å². The second kappa shape index (κ2) is 9.20. The zero-order valence-corrected chi connectivity index (χ0v) is 11.6. The van der Waals surface area contributed by atoms with E-state index in [1.54, 1.807) is 0 Å². The fourth-order valence-electron chi connectivity index (χ4n) is 2.43. The minimum atomic E-state index is -0.0506. The monoisotopic (exact) mass is 256 g/mol. The number of amides is 2. The molecule has 0 aromatic carbocycles. The second-order valence-corrected chi connectivity index (χ2v) is 5.51. The lowest BCUT2D eigenvalue weighted by molar-refractivity contribution is 0.228. The summed E-state index contributed by atoms with van der Waals surface area (Å²) in [6.07, 6.45) is 9.36. The molecule has 0 saturated heterocycles. The van der Waals surface area contributed by atoms with Crippen LogP contribution in [0.15, 0.2) is 0 Å². The SMILES string of the molecule is CC(CCO)CNC(=O)NC1CCCCCCC1. The van der Waals surface area contributed by atoms with Crippen molar-refractivity contribution in [2.24, 2.45) is 5.92 Å². The second-order valence-electron chi connectivity index (χ2n) is 5.51. The van der Waals surface area contributed by atoms with Crippen molar-refractivity contribution in [1.29, 1.82) is 0 Å². The van der Waals surface area contributed by atoms with Crippen molar-refractivity contribution in [3.8, 4) is 0 Å². The quantitative estimate of drug-likeness (QED) is 0.707. The maximum atomic E-state index is 11.7. The third kappa shape index (κ3) is 6.84. The summed E-state index contributed by atoms with van der Waals surface area (Å²) in [5.41, 5.74) is 0. The minimum Gasteiger partial charge on any atom is -0.396 e. The smallest absolute Gasteiger partial charge is 0.315 e. The summed E-state index contributed by atoms with van der Waals surface area (Å²) in [6.45, 7) is 2.86. The fraction of sp³-hybridized carbons (Fsp3) is 0.929. The van der Waals surface area contributed by atoms with Gasteiger partial charge in [0.05, 0.1) is 0 Å². The van der Waals surface area contributed by atoms with E-state index < -0.39 is 0 Å². The predicted octanol–water partition coefficient (Wildman–Crippen LogP) is 2.42. The number of carbonyl (C=O) groups is 1.